The summed E-state index contributed by atoms with van der Waals surface area (Å²) in [6.07, 6.45) is 0.184. The largest absolute Gasteiger partial charge is 0.295 e. The number of hydrogen-bond acceptors (Lipinski definition) is 4. The molecule has 0 bridgehead atoms. The van der Waals surface area contributed by atoms with E-state index in [-0.39, 0.29) is 35.8 Å². The summed E-state index contributed by atoms with van der Waals surface area (Å²) in [5, 5.41) is 10.1. The maximum absolute atomic E-state index is 13.0. The van der Waals surface area contributed by atoms with Crippen LogP contribution in [0.15, 0.2) is 48.5 Å². The fourth-order valence-electron chi connectivity index (χ4n) is 2.84. The van der Waals surface area contributed by atoms with Crippen LogP contribution < -0.4 is 10.6 Å². The molecule has 9 heteroatoms. The number of aromatic nitrogens is 3. The molecule has 2 N–H and O–H groups in total. The maximum atomic E-state index is 13.0. The second-order valence-corrected chi connectivity index (χ2v) is 6.42. The van der Waals surface area contributed by atoms with E-state index in [2.05, 4.69) is 20.7 Å². The lowest BCUT2D eigenvalue weighted by Gasteiger charge is -2.23. The van der Waals surface area contributed by atoms with E-state index in [0.717, 1.165) is 5.56 Å². The molecule has 0 fully saturated rings. The summed E-state index contributed by atoms with van der Waals surface area (Å²) in [5.41, 5.74) is 1.11. The highest BCUT2D eigenvalue weighted by molar-refractivity contribution is 6.30. The summed E-state index contributed by atoms with van der Waals surface area (Å²) in [6, 6.07) is 11.8. The van der Waals surface area contributed by atoms with Crippen LogP contribution in [-0.4, -0.2) is 26.6 Å². The lowest BCUT2D eigenvalue weighted by atomic mass is 10.0. The van der Waals surface area contributed by atoms with E-state index in [0.29, 0.717) is 5.02 Å². The summed E-state index contributed by atoms with van der Waals surface area (Å²) < 4.78 is 14.5. The molecule has 3 aromatic rings. The SMILES string of the molecule is O=C1CC(c2ccc(Cl)cc2)n2nc(NC(=O)c3ccc(F)cc3)nc2N1. The first-order valence-corrected chi connectivity index (χ1v) is 8.46. The predicted octanol–water partition coefficient (Wildman–Crippen LogP) is 3.25. The summed E-state index contributed by atoms with van der Waals surface area (Å²) in [4.78, 5) is 28.5. The minimum Gasteiger partial charge on any atom is -0.295 e. The monoisotopic (exact) mass is 385 g/mol. The Balaban J connectivity index is 1.61. The third-order valence-corrected chi connectivity index (χ3v) is 4.39. The molecule has 0 aliphatic carbocycles. The van der Waals surface area contributed by atoms with Crippen LogP contribution in [0.4, 0.5) is 16.3 Å². The Bertz CT molecular complexity index is 1020. The molecule has 1 unspecified atom stereocenters. The Kier molecular flexibility index (Phi) is 4.33. The van der Waals surface area contributed by atoms with Gasteiger partial charge in [-0.25, -0.2) is 9.07 Å². The summed E-state index contributed by atoms with van der Waals surface area (Å²) in [5.74, 6) is -0.838. The first-order chi connectivity index (χ1) is 13.0. The molecule has 2 amide bonds. The van der Waals surface area contributed by atoms with Gasteiger partial charge in [-0.05, 0) is 42.0 Å². The fraction of sp³-hybridized carbons (Fsp3) is 0.111. The molecule has 0 radical (unpaired) electrons. The van der Waals surface area contributed by atoms with Gasteiger partial charge < -0.3 is 0 Å². The van der Waals surface area contributed by atoms with Crippen molar-refractivity contribution in [1.82, 2.24) is 14.8 Å². The van der Waals surface area contributed by atoms with E-state index >= 15 is 0 Å². The zero-order valence-electron chi connectivity index (χ0n) is 13.8. The smallest absolute Gasteiger partial charge is 0.258 e. The molecular formula is C18H13ClFN5O2. The van der Waals surface area contributed by atoms with Crippen LogP contribution in [0.2, 0.25) is 5.02 Å². The van der Waals surface area contributed by atoms with Crippen LogP contribution in [-0.2, 0) is 4.79 Å². The topological polar surface area (TPSA) is 88.9 Å². The Morgan fingerprint density at radius 2 is 1.89 bits per heavy atom. The summed E-state index contributed by atoms with van der Waals surface area (Å²) in [7, 11) is 0. The minimum absolute atomic E-state index is 0.0421. The van der Waals surface area contributed by atoms with Crippen molar-refractivity contribution in [1.29, 1.82) is 0 Å². The molecule has 0 saturated heterocycles. The number of carbonyl (C=O) groups is 2. The Morgan fingerprint density at radius 1 is 1.19 bits per heavy atom. The van der Waals surface area contributed by atoms with Gasteiger partial charge in [0.1, 0.15) is 5.82 Å². The highest BCUT2D eigenvalue weighted by Gasteiger charge is 2.29. The highest BCUT2D eigenvalue weighted by atomic mass is 35.5. The number of halogens is 2. The van der Waals surface area contributed by atoms with Gasteiger partial charge in [0.2, 0.25) is 11.9 Å². The number of benzene rings is 2. The number of carbonyl (C=O) groups excluding carboxylic acids is 2. The minimum atomic E-state index is -0.479. The molecule has 4 rings (SSSR count). The summed E-state index contributed by atoms with van der Waals surface area (Å²) >= 11 is 5.92. The highest BCUT2D eigenvalue weighted by Crippen LogP contribution is 2.30. The van der Waals surface area contributed by atoms with Gasteiger partial charge in [0, 0.05) is 10.6 Å². The van der Waals surface area contributed by atoms with Gasteiger partial charge in [-0.1, -0.05) is 23.7 Å². The molecular weight excluding hydrogens is 373 g/mol. The molecule has 136 valence electrons. The Morgan fingerprint density at radius 3 is 2.59 bits per heavy atom. The van der Waals surface area contributed by atoms with Crippen molar-refractivity contribution in [3.8, 4) is 0 Å². The maximum Gasteiger partial charge on any atom is 0.258 e. The molecule has 1 aromatic heterocycles. The third kappa shape index (κ3) is 3.52. The fourth-order valence-corrected chi connectivity index (χ4v) is 2.96. The van der Waals surface area contributed by atoms with Gasteiger partial charge in [0.05, 0.1) is 12.5 Å². The number of rotatable bonds is 3. The average Bonchev–Trinajstić information content (AvgIpc) is 3.04. The Hall–Kier alpha value is -3.26. The molecule has 27 heavy (non-hydrogen) atoms. The van der Waals surface area contributed by atoms with Gasteiger partial charge in [0.25, 0.3) is 11.9 Å². The number of nitrogens with one attached hydrogen (secondary N) is 2. The lowest BCUT2D eigenvalue weighted by Crippen LogP contribution is -2.29. The van der Waals surface area contributed by atoms with E-state index in [9.17, 15) is 14.0 Å². The van der Waals surface area contributed by atoms with Crippen molar-refractivity contribution in [3.63, 3.8) is 0 Å². The van der Waals surface area contributed by atoms with Crippen molar-refractivity contribution < 1.29 is 14.0 Å². The van der Waals surface area contributed by atoms with E-state index < -0.39 is 11.7 Å². The number of nitrogens with zero attached hydrogens (tertiary/aromatic N) is 3. The van der Waals surface area contributed by atoms with Crippen molar-refractivity contribution in [2.24, 2.45) is 0 Å². The van der Waals surface area contributed by atoms with Crippen LogP contribution in [0.5, 0.6) is 0 Å². The molecule has 2 aromatic carbocycles. The van der Waals surface area contributed by atoms with Crippen molar-refractivity contribution in [2.45, 2.75) is 12.5 Å². The molecule has 0 saturated carbocycles. The van der Waals surface area contributed by atoms with Gasteiger partial charge >= 0.3 is 0 Å². The van der Waals surface area contributed by atoms with Crippen molar-refractivity contribution >= 4 is 35.3 Å². The quantitative estimate of drug-likeness (QED) is 0.724. The average molecular weight is 386 g/mol. The molecule has 0 spiro atoms. The first-order valence-electron chi connectivity index (χ1n) is 8.08. The van der Waals surface area contributed by atoms with E-state index in [1.54, 1.807) is 16.8 Å². The zero-order valence-corrected chi connectivity index (χ0v) is 14.6. The van der Waals surface area contributed by atoms with E-state index in [1.165, 1.54) is 24.3 Å². The van der Waals surface area contributed by atoms with E-state index in [1.807, 2.05) is 12.1 Å². The Labute approximate surface area is 158 Å². The van der Waals surface area contributed by atoms with Gasteiger partial charge in [-0.2, -0.15) is 4.98 Å². The molecule has 1 aliphatic heterocycles. The molecule has 1 aliphatic rings. The standard InChI is InChI=1S/C18H13ClFN5O2/c19-12-5-1-10(2-6-12)14-9-15(26)21-18-23-17(24-25(14)18)22-16(27)11-3-7-13(20)8-4-11/h1-8,14H,9H2,(H2,21,22,23,24,26,27). The first kappa shape index (κ1) is 17.2. The normalized spacial score (nSPS) is 15.8. The zero-order chi connectivity index (χ0) is 19.0. The van der Waals surface area contributed by atoms with Crippen LogP contribution in [0.3, 0.4) is 0 Å². The number of anilines is 2. The lowest BCUT2D eigenvalue weighted by molar-refractivity contribution is -0.117. The number of amides is 2. The van der Waals surface area contributed by atoms with Crippen molar-refractivity contribution in [2.75, 3.05) is 10.6 Å². The predicted molar refractivity (Wildman–Crippen MR) is 97.2 cm³/mol. The molecule has 2 heterocycles. The van der Waals surface area contributed by atoms with E-state index in [4.69, 9.17) is 11.6 Å². The van der Waals surface area contributed by atoms with Gasteiger partial charge in [0.15, 0.2) is 0 Å². The molecule has 1 atom stereocenters. The second kappa shape index (κ2) is 6.81. The van der Waals surface area contributed by atoms with Crippen LogP contribution in [0, 0.1) is 5.82 Å². The number of fused-ring (bicyclic) bond motifs is 1. The second-order valence-electron chi connectivity index (χ2n) is 5.98. The van der Waals surface area contributed by atoms with Crippen LogP contribution in [0.25, 0.3) is 0 Å². The van der Waals surface area contributed by atoms with Crippen LogP contribution in [0.1, 0.15) is 28.4 Å². The van der Waals surface area contributed by atoms with Gasteiger partial charge in [-0.3, -0.25) is 20.2 Å². The molecule has 7 nitrogen and oxygen atoms in total. The summed E-state index contributed by atoms with van der Waals surface area (Å²) in [6.45, 7) is 0. The number of hydrogen-bond donors (Lipinski definition) is 2. The van der Waals surface area contributed by atoms with Crippen LogP contribution >= 0.6 is 11.6 Å². The van der Waals surface area contributed by atoms with Gasteiger partial charge in [-0.15, -0.1) is 5.10 Å². The van der Waals surface area contributed by atoms with Crippen molar-refractivity contribution in [3.05, 3.63) is 70.5 Å². The third-order valence-electron chi connectivity index (χ3n) is 4.14.